The van der Waals surface area contributed by atoms with Gasteiger partial charge in [-0.25, -0.2) is 13.6 Å². The maximum absolute atomic E-state index is 12.1. The zero-order valence-electron chi connectivity index (χ0n) is 10.1. The number of rotatable bonds is 8. The van der Waals surface area contributed by atoms with Crippen molar-refractivity contribution in [3.8, 4) is 11.5 Å². The molecule has 0 fully saturated rings. The maximum Gasteiger partial charge on any atom is 0.328 e. The summed E-state index contributed by atoms with van der Waals surface area (Å²) in [7, 11) is 0. The fraction of sp³-hybridized carbons (Fsp3) is 0.308. The van der Waals surface area contributed by atoms with Crippen LogP contribution in [0, 0.1) is 0 Å². The number of hydrogen-bond acceptors (Lipinski definition) is 3. The van der Waals surface area contributed by atoms with Crippen LogP contribution in [-0.2, 0) is 4.79 Å². The molecule has 19 heavy (non-hydrogen) atoms. The lowest BCUT2D eigenvalue weighted by Gasteiger charge is -2.10. The highest BCUT2D eigenvalue weighted by atomic mass is 19.1. The van der Waals surface area contributed by atoms with E-state index in [1.54, 1.807) is 6.07 Å². The van der Waals surface area contributed by atoms with Crippen molar-refractivity contribution in [1.29, 1.82) is 0 Å². The molecule has 0 saturated heterocycles. The van der Waals surface area contributed by atoms with Crippen LogP contribution in [-0.4, -0.2) is 37.6 Å². The summed E-state index contributed by atoms with van der Waals surface area (Å²) >= 11 is 0. The summed E-state index contributed by atoms with van der Waals surface area (Å²) < 4.78 is 34.3. The Morgan fingerprint density at radius 1 is 1.21 bits per heavy atom. The zero-order valence-corrected chi connectivity index (χ0v) is 10.1. The molecular weight excluding hydrogens is 258 g/mol. The minimum Gasteiger partial charge on any atom is -0.491 e. The van der Waals surface area contributed by atoms with Crippen LogP contribution in [0.2, 0.25) is 0 Å². The minimum atomic E-state index is -1.12. The zero-order chi connectivity index (χ0) is 14.1. The van der Waals surface area contributed by atoms with Gasteiger partial charge >= 0.3 is 5.97 Å². The minimum absolute atomic E-state index is 0.0905. The van der Waals surface area contributed by atoms with E-state index in [1.165, 1.54) is 18.2 Å². The second-order valence-corrected chi connectivity index (χ2v) is 3.45. The quantitative estimate of drug-likeness (QED) is 0.739. The summed E-state index contributed by atoms with van der Waals surface area (Å²) in [4.78, 5) is 10.5. The molecule has 1 aromatic carbocycles. The highest BCUT2D eigenvalue weighted by Crippen LogP contribution is 2.25. The summed E-state index contributed by atoms with van der Waals surface area (Å²) in [5.74, 6) is -0.399. The van der Waals surface area contributed by atoms with Crippen LogP contribution < -0.4 is 9.47 Å². The SMILES string of the molecule is O=C(O)/C=C/c1cc(OCCF)ccc1OCCF. The largest absolute Gasteiger partial charge is 0.491 e. The molecular formula is C13H14F2O4. The fourth-order valence-corrected chi connectivity index (χ4v) is 1.34. The fourth-order valence-electron chi connectivity index (χ4n) is 1.34. The Bertz CT molecular complexity index is 446. The van der Waals surface area contributed by atoms with Crippen LogP contribution in [0.3, 0.4) is 0 Å². The molecule has 0 atom stereocenters. The lowest BCUT2D eigenvalue weighted by molar-refractivity contribution is -0.131. The molecule has 0 amide bonds. The number of halogens is 2. The summed E-state index contributed by atoms with van der Waals surface area (Å²) in [5, 5.41) is 8.58. The number of benzene rings is 1. The molecule has 0 heterocycles. The second kappa shape index (κ2) is 8.07. The van der Waals surface area contributed by atoms with Gasteiger partial charge in [-0.2, -0.15) is 0 Å². The third-order valence-electron chi connectivity index (χ3n) is 2.07. The van der Waals surface area contributed by atoms with E-state index < -0.39 is 19.3 Å². The predicted molar refractivity (Wildman–Crippen MR) is 66.1 cm³/mol. The van der Waals surface area contributed by atoms with E-state index in [0.29, 0.717) is 17.1 Å². The highest BCUT2D eigenvalue weighted by molar-refractivity contribution is 5.86. The van der Waals surface area contributed by atoms with Gasteiger partial charge in [-0.15, -0.1) is 0 Å². The molecule has 0 aliphatic carbocycles. The van der Waals surface area contributed by atoms with Gasteiger partial charge in [0.25, 0.3) is 0 Å². The van der Waals surface area contributed by atoms with Crippen LogP contribution in [0.25, 0.3) is 6.08 Å². The molecule has 1 N–H and O–H groups in total. The summed E-state index contributed by atoms with van der Waals surface area (Å²) in [6.07, 6.45) is 2.23. The molecule has 104 valence electrons. The number of aliphatic carboxylic acids is 1. The summed E-state index contributed by atoms with van der Waals surface area (Å²) in [5.41, 5.74) is 0.423. The molecule has 0 aliphatic heterocycles. The van der Waals surface area contributed by atoms with Crippen molar-refractivity contribution in [2.24, 2.45) is 0 Å². The van der Waals surface area contributed by atoms with Gasteiger partial charge in [0.15, 0.2) is 0 Å². The highest BCUT2D eigenvalue weighted by Gasteiger charge is 2.04. The third kappa shape index (κ3) is 5.37. The lowest BCUT2D eigenvalue weighted by Crippen LogP contribution is -2.02. The summed E-state index contributed by atoms with van der Waals surface area (Å²) in [6, 6.07) is 4.56. The van der Waals surface area contributed by atoms with Crippen LogP contribution in [0.4, 0.5) is 8.78 Å². The molecule has 1 rings (SSSR count). The van der Waals surface area contributed by atoms with E-state index in [4.69, 9.17) is 14.6 Å². The molecule has 0 unspecified atom stereocenters. The smallest absolute Gasteiger partial charge is 0.328 e. The monoisotopic (exact) mass is 272 g/mol. The van der Waals surface area contributed by atoms with E-state index in [9.17, 15) is 13.6 Å². The van der Waals surface area contributed by atoms with Gasteiger partial charge in [-0.05, 0) is 24.3 Å². The van der Waals surface area contributed by atoms with Gasteiger partial charge in [0.05, 0.1) is 0 Å². The first-order valence-electron chi connectivity index (χ1n) is 5.60. The standard InChI is InChI=1S/C13H14F2O4/c14-5-7-18-11-2-3-12(19-8-6-15)10(9-11)1-4-13(16)17/h1-4,9H,5-8H2,(H,16,17)/b4-1+. The van der Waals surface area contributed by atoms with Crippen LogP contribution in [0.5, 0.6) is 11.5 Å². The van der Waals surface area contributed by atoms with Gasteiger partial charge in [0, 0.05) is 11.6 Å². The van der Waals surface area contributed by atoms with E-state index in [1.807, 2.05) is 0 Å². The van der Waals surface area contributed by atoms with E-state index in [0.717, 1.165) is 6.08 Å². The van der Waals surface area contributed by atoms with Crippen molar-refractivity contribution in [1.82, 2.24) is 0 Å². The third-order valence-corrected chi connectivity index (χ3v) is 2.07. The Kier molecular flexibility index (Phi) is 6.35. The molecule has 6 heteroatoms. The molecule has 1 aromatic rings. The average molecular weight is 272 g/mol. The van der Waals surface area contributed by atoms with E-state index in [-0.39, 0.29) is 13.2 Å². The Hall–Kier alpha value is -2.11. The van der Waals surface area contributed by atoms with Gasteiger partial charge in [-0.3, -0.25) is 0 Å². The number of carboxylic acid groups (broad SMARTS) is 1. The Balaban J connectivity index is 2.92. The number of carboxylic acids is 1. The molecule has 0 saturated carbocycles. The maximum atomic E-state index is 12.1. The van der Waals surface area contributed by atoms with E-state index in [2.05, 4.69) is 0 Å². The van der Waals surface area contributed by atoms with Gasteiger partial charge in [0.1, 0.15) is 38.1 Å². The molecule has 0 bridgehead atoms. The molecule has 4 nitrogen and oxygen atoms in total. The number of alkyl halides is 2. The number of hydrogen-bond donors (Lipinski definition) is 1. The first-order chi connectivity index (χ1) is 9.17. The van der Waals surface area contributed by atoms with Gasteiger partial charge in [0.2, 0.25) is 0 Å². The topological polar surface area (TPSA) is 55.8 Å². The first kappa shape index (κ1) is 14.9. The molecule has 0 spiro atoms. The lowest BCUT2D eigenvalue weighted by atomic mass is 10.1. The van der Waals surface area contributed by atoms with Gasteiger partial charge in [-0.1, -0.05) is 0 Å². The van der Waals surface area contributed by atoms with Crippen LogP contribution in [0.1, 0.15) is 5.56 Å². The Morgan fingerprint density at radius 3 is 2.53 bits per heavy atom. The van der Waals surface area contributed by atoms with Crippen molar-refractivity contribution in [2.45, 2.75) is 0 Å². The second-order valence-electron chi connectivity index (χ2n) is 3.45. The van der Waals surface area contributed by atoms with Crippen molar-refractivity contribution < 1.29 is 28.2 Å². The Morgan fingerprint density at radius 2 is 1.89 bits per heavy atom. The van der Waals surface area contributed by atoms with Crippen LogP contribution >= 0.6 is 0 Å². The molecule has 0 radical (unpaired) electrons. The first-order valence-corrected chi connectivity index (χ1v) is 5.60. The van der Waals surface area contributed by atoms with Crippen molar-refractivity contribution >= 4 is 12.0 Å². The van der Waals surface area contributed by atoms with Crippen LogP contribution in [0.15, 0.2) is 24.3 Å². The van der Waals surface area contributed by atoms with Gasteiger partial charge < -0.3 is 14.6 Å². The number of ether oxygens (including phenoxy) is 2. The van der Waals surface area contributed by atoms with Crippen molar-refractivity contribution in [3.05, 3.63) is 29.8 Å². The van der Waals surface area contributed by atoms with Crippen molar-refractivity contribution in [3.63, 3.8) is 0 Å². The average Bonchev–Trinajstić information content (AvgIpc) is 2.41. The van der Waals surface area contributed by atoms with E-state index >= 15 is 0 Å². The Labute approximate surface area is 109 Å². The van der Waals surface area contributed by atoms with Crippen molar-refractivity contribution in [2.75, 3.05) is 26.6 Å². The predicted octanol–water partition coefficient (Wildman–Crippen LogP) is 2.48. The number of carbonyl (C=O) groups is 1. The normalized spacial score (nSPS) is 10.6. The molecule has 0 aromatic heterocycles. The molecule has 0 aliphatic rings. The summed E-state index contributed by atoms with van der Waals surface area (Å²) in [6.45, 7) is -1.49.